The largest absolute Gasteiger partial charge is 0.488 e. The molecule has 1 unspecified atom stereocenters. The number of rotatable bonds is 3. The van der Waals surface area contributed by atoms with Gasteiger partial charge in [0.15, 0.2) is 6.04 Å². The van der Waals surface area contributed by atoms with Gasteiger partial charge in [0.1, 0.15) is 18.0 Å². The van der Waals surface area contributed by atoms with Gasteiger partial charge in [0.25, 0.3) is 0 Å². The van der Waals surface area contributed by atoms with E-state index in [0.717, 1.165) is 16.7 Å². The molecule has 3 rings (SSSR count). The quantitative estimate of drug-likeness (QED) is 0.797. The summed E-state index contributed by atoms with van der Waals surface area (Å²) in [6, 6.07) is 17.2. The maximum atomic E-state index is 12.6. The number of hydrogen-bond donors (Lipinski definition) is 0. The third-order valence-corrected chi connectivity index (χ3v) is 4.35. The first kappa shape index (κ1) is 18.8. The molecule has 0 N–H and O–H groups in total. The van der Waals surface area contributed by atoms with Crippen LogP contribution in [0.4, 0.5) is 4.79 Å². The second-order valence-corrected chi connectivity index (χ2v) is 7.56. The van der Waals surface area contributed by atoms with Crippen LogP contribution in [-0.2, 0) is 17.8 Å². The maximum absolute atomic E-state index is 12.6. The number of carbonyl (C=O) groups excluding carboxylic acids is 1. The number of ether oxygens (including phenoxy) is 2. The third-order valence-electron chi connectivity index (χ3n) is 4.35. The van der Waals surface area contributed by atoms with Gasteiger partial charge >= 0.3 is 6.09 Å². The molecular formula is C22H24N2O3. The van der Waals surface area contributed by atoms with Crippen LogP contribution in [0, 0.1) is 11.3 Å². The highest BCUT2D eigenvalue weighted by atomic mass is 16.6. The summed E-state index contributed by atoms with van der Waals surface area (Å²) in [5.41, 5.74) is 2.23. The lowest BCUT2D eigenvalue weighted by atomic mass is 9.92. The van der Waals surface area contributed by atoms with Gasteiger partial charge in [0.2, 0.25) is 0 Å². The fourth-order valence-electron chi connectivity index (χ4n) is 3.16. The molecule has 1 atom stereocenters. The normalized spacial score (nSPS) is 16.2. The Bertz CT molecular complexity index is 850. The van der Waals surface area contributed by atoms with Crippen molar-refractivity contribution in [3.8, 4) is 11.8 Å². The van der Waals surface area contributed by atoms with Crippen molar-refractivity contribution in [1.82, 2.24) is 4.90 Å². The molecule has 140 valence electrons. The lowest BCUT2D eigenvalue weighted by Crippen LogP contribution is -2.42. The Labute approximate surface area is 160 Å². The van der Waals surface area contributed by atoms with Crippen LogP contribution >= 0.6 is 0 Å². The number of benzene rings is 2. The van der Waals surface area contributed by atoms with E-state index in [4.69, 9.17) is 9.47 Å². The summed E-state index contributed by atoms with van der Waals surface area (Å²) >= 11 is 0. The molecule has 0 aromatic heterocycles. The summed E-state index contributed by atoms with van der Waals surface area (Å²) in [5.74, 6) is 0.635. The molecule has 2 aromatic carbocycles. The van der Waals surface area contributed by atoms with Gasteiger partial charge in [-0.05, 0) is 44.4 Å². The van der Waals surface area contributed by atoms with Crippen LogP contribution in [0.1, 0.15) is 43.5 Å². The predicted molar refractivity (Wildman–Crippen MR) is 102 cm³/mol. The van der Waals surface area contributed by atoms with Gasteiger partial charge in [-0.3, -0.25) is 4.90 Å². The average Bonchev–Trinajstić information content (AvgIpc) is 2.64. The van der Waals surface area contributed by atoms with Crippen molar-refractivity contribution in [2.75, 3.05) is 6.54 Å². The molecule has 1 aliphatic rings. The molecule has 0 fully saturated rings. The smallest absolute Gasteiger partial charge is 0.411 e. The summed E-state index contributed by atoms with van der Waals surface area (Å²) in [6.07, 6.45) is 0.188. The minimum atomic E-state index is -0.726. The standard InChI is InChI=1S/C22H24N2O3/c1-22(2,3)27-21(25)24-13-12-17-10-7-11-19(20(17)18(24)14-23)26-15-16-8-5-4-6-9-16/h4-11,18H,12-13,15H2,1-3H3. The Kier molecular flexibility index (Phi) is 5.36. The molecule has 1 heterocycles. The zero-order valence-electron chi connectivity index (χ0n) is 15.9. The number of nitriles is 1. The number of fused-ring (bicyclic) bond motifs is 1. The molecule has 0 radical (unpaired) electrons. The van der Waals surface area contributed by atoms with Gasteiger partial charge in [-0.15, -0.1) is 0 Å². The van der Waals surface area contributed by atoms with E-state index < -0.39 is 17.7 Å². The van der Waals surface area contributed by atoms with E-state index in [1.165, 1.54) is 4.90 Å². The Hall–Kier alpha value is -3.00. The zero-order valence-corrected chi connectivity index (χ0v) is 15.9. The zero-order chi connectivity index (χ0) is 19.4. The Morgan fingerprint density at radius 3 is 2.59 bits per heavy atom. The van der Waals surface area contributed by atoms with Crippen LogP contribution in [-0.4, -0.2) is 23.1 Å². The third kappa shape index (κ3) is 4.40. The van der Waals surface area contributed by atoms with E-state index in [9.17, 15) is 10.1 Å². The fourth-order valence-corrected chi connectivity index (χ4v) is 3.16. The first-order chi connectivity index (χ1) is 12.9. The van der Waals surface area contributed by atoms with Gasteiger partial charge in [0.05, 0.1) is 6.07 Å². The molecule has 0 spiro atoms. The van der Waals surface area contributed by atoms with Crippen molar-refractivity contribution in [3.63, 3.8) is 0 Å². The maximum Gasteiger partial charge on any atom is 0.411 e. The molecule has 5 nitrogen and oxygen atoms in total. The van der Waals surface area contributed by atoms with Gasteiger partial charge in [0, 0.05) is 12.1 Å². The van der Waals surface area contributed by atoms with Crippen LogP contribution < -0.4 is 4.74 Å². The lowest BCUT2D eigenvalue weighted by Gasteiger charge is -2.35. The van der Waals surface area contributed by atoms with E-state index in [1.807, 2.05) is 69.3 Å². The van der Waals surface area contributed by atoms with E-state index in [-0.39, 0.29) is 0 Å². The molecule has 1 amide bonds. The number of nitrogens with zero attached hydrogens (tertiary/aromatic N) is 2. The molecule has 0 saturated heterocycles. The molecule has 27 heavy (non-hydrogen) atoms. The average molecular weight is 364 g/mol. The predicted octanol–water partition coefficient (Wildman–Crippen LogP) is 4.62. The van der Waals surface area contributed by atoms with Crippen molar-refractivity contribution in [1.29, 1.82) is 5.26 Å². The number of carbonyl (C=O) groups is 1. The number of hydrogen-bond acceptors (Lipinski definition) is 4. The van der Waals surface area contributed by atoms with Crippen molar-refractivity contribution in [3.05, 3.63) is 65.2 Å². The van der Waals surface area contributed by atoms with E-state index in [1.54, 1.807) is 0 Å². The Morgan fingerprint density at radius 2 is 1.93 bits per heavy atom. The van der Waals surface area contributed by atoms with E-state index in [0.29, 0.717) is 25.3 Å². The number of amides is 1. The Morgan fingerprint density at radius 1 is 1.19 bits per heavy atom. The van der Waals surface area contributed by atoms with Crippen LogP contribution in [0.3, 0.4) is 0 Å². The van der Waals surface area contributed by atoms with Crippen LogP contribution in [0.25, 0.3) is 0 Å². The molecule has 0 aliphatic carbocycles. The summed E-state index contributed by atoms with van der Waals surface area (Å²) < 4.78 is 11.5. The summed E-state index contributed by atoms with van der Waals surface area (Å²) in [6.45, 7) is 6.31. The van der Waals surface area contributed by atoms with E-state index in [2.05, 4.69) is 6.07 Å². The van der Waals surface area contributed by atoms with Crippen molar-refractivity contribution >= 4 is 6.09 Å². The summed E-state index contributed by atoms with van der Waals surface area (Å²) in [7, 11) is 0. The first-order valence-electron chi connectivity index (χ1n) is 9.07. The Balaban J connectivity index is 1.87. The SMILES string of the molecule is CC(C)(C)OC(=O)N1CCc2cccc(OCc3ccccc3)c2C1C#N. The second-order valence-electron chi connectivity index (χ2n) is 7.56. The highest BCUT2D eigenvalue weighted by molar-refractivity contribution is 5.70. The molecule has 1 aliphatic heterocycles. The highest BCUT2D eigenvalue weighted by Gasteiger charge is 2.35. The summed E-state index contributed by atoms with van der Waals surface area (Å²) in [4.78, 5) is 14.1. The van der Waals surface area contributed by atoms with Crippen LogP contribution in [0.2, 0.25) is 0 Å². The van der Waals surface area contributed by atoms with Crippen molar-refractivity contribution in [2.45, 2.75) is 45.4 Å². The lowest BCUT2D eigenvalue weighted by molar-refractivity contribution is 0.0188. The second kappa shape index (κ2) is 7.71. The molecule has 0 bridgehead atoms. The molecule has 0 saturated carbocycles. The minimum Gasteiger partial charge on any atom is -0.488 e. The van der Waals surface area contributed by atoms with Crippen molar-refractivity contribution in [2.24, 2.45) is 0 Å². The fraction of sp³-hybridized carbons (Fsp3) is 0.364. The summed E-state index contributed by atoms with van der Waals surface area (Å²) in [5, 5.41) is 9.81. The van der Waals surface area contributed by atoms with Gasteiger partial charge in [-0.1, -0.05) is 42.5 Å². The van der Waals surface area contributed by atoms with Gasteiger partial charge in [-0.2, -0.15) is 5.26 Å². The molecular weight excluding hydrogens is 340 g/mol. The van der Waals surface area contributed by atoms with Crippen molar-refractivity contribution < 1.29 is 14.3 Å². The molecule has 2 aromatic rings. The highest BCUT2D eigenvalue weighted by Crippen LogP contribution is 2.37. The minimum absolute atomic E-state index is 0.405. The first-order valence-corrected chi connectivity index (χ1v) is 9.07. The van der Waals surface area contributed by atoms with Gasteiger partial charge < -0.3 is 9.47 Å². The van der Waals surface area contributed by atoms with E-state index >= 15 is 0 Å². The topological polar surface area (TPSA) is 62.6 Å². The van der Waals surface area contributed by atoms with Gasteiger partial charge in [-0.25, -0.2) is 4.79 Å². The molecule has 5 heteroatoms. The van der Waals surface area contributed by atoms with Crippen LogP contribution in [0.15, 0.2) is 48.5 Å². The van der Waals surface area contributed by atoms with Crippen LogP contribution in [0.5, 0.6) is 5.75 Å². The monoisotopic (exact) mass is 364 g/mol.